The van der Waals surface area contributed by atoms with E-state index in [1.165, 1.54) is 5.56 Å². The zero-order chi connectivity index (χ0) is 10.4. The van der Waals surface area contributed by atoms with Crippen molar-refractivity contribution in [2.24, 2.45) is 0 Å². The average molecular weight is 189 g/mol. The molecule has 3 nitrogen and oxygen atoms in total. The standard InChI is InChI=1S/C11H15N3/c1-10(8-12)14(2)7-5-11-4-3-6-13-9-11/h3-4,6,9-10H,5,7H2,1-2H3. The van der Waals surface area contributed by atoms with Gasteiger partial charge in [0.2, 0.25) is 0 Å². The van der Waals surface area contributed by atoms with Gasteiger partial charge in [0.25, 0.3) is 0 Å². The van der Waals surface area contributed by atoms with Crippen molar-refractivity contribution >= 4 is 0 Å². The molecule has 14 heavy (non-hydrogen) atoms. The topological polar surface area (TPSA) is 39.9 Å². The van der Waals surface area contributed by atoms with Gasteiger partial charge in [-0.05, 0) is 32.0 Å². The average Bonchev–Trinajstić information content (AvgIpc) is 2.26. The zero-order valence-corrected chi connectivity index (χ0v) is 8.64. The minimum Gasteiger partial charge on any atom is -0.291 e. The molecule has 0 aromatic carbocycles. The van der Waals surface area contributed by atoms with E-state index in [9.17, 15) is 0 Å². The Morgan fingerprint density at radius 3 is 3.00 bits per heavy atom. The summed E-state index contributed by atoms with van der Waals surface area (Å²) in [6, 6.07) is 6.18. The second-order valence-electron chi connectivity index (χ2n) is 3.40. The highest BCUT2D eigenvalue weighted by molar-refractivity contribution is 5.08. The van der Waals surface area contributed by atoms with Crippen LogP contribution in [0.3, 0.4) is 0 Å². The molecule has 0 fully saturated rings. The fraction of sp³-hybridized carbons (Fsp3) is 0.455. The van der Waals surface area contributed by atoms with E-state index in [2.05, 4.69) is 17.1 Å². The Hall–Kier alpha value is -1.40. The van der Waals surface area contributed by atoms with Crippen molar-refractivity contribution in [3.05, 3.63) is 30.1 Å². The Kier molecular flexibility index (Phi) is 4.09. The summed E-state index contributed by atoms with van der Waals surface area (Å²) in [5, 5.41) is 8.70. The minimum atomic E-state index is -0.0216. The summed E-state index contributed by atoms with van der Waals surface area (Å²) in [6.45, 7) is 2.80. The van der Waals surface area contributed by atoms with Crippen LogP contribution in [0.4, 0.5) is 0 Å². The van der Waals surface area contributed by atoms with Crippen LogP contribution in [-0.2, 0) is 6.42 Å². The van der Waals surface area contributed by atoms with E-state index < -0.39 is 0 Å². The Morgan fingerprint density at radius 1 is 1.64 bits per heavy atom. The van der Waals surface area contributed by atoms with E-state index in [0.29, 0.717) is 0 Å². The van der Waals surface area contributed by atoms with Crippen molar-refractivity contribution in [3.8, 4) is 6.07 Å². The number of hydrogen-bond donors (Lipinski definition) is 0. The first-order valence-corrected chi connectivity index (χ1v) is 4.73. The van der Waals surface area contributed by atoms with E-state index in [4.69, 9.17) is 5.26 Å². The molecule has 0 saturated heterocycles. The van der Waals surface area contributed by atoms with Crippen molar-refractivity contribution in [1.29, 1.82) is 5.26 Å². The third-order valence-electron chi connectivity index (χ3n) is 2.32. The van der Waals surface area contributed by atoms with Crippen LogP contribution in [0.15, 0.2) is 24.5 Å². The lowest BCUT2D eigenvalue weighted by atomic mass is 10.2. The van der Waals surface area contributed by atoms with Gasteiger partial charge in [0.1, 0.15) is 0 Å². The summed E-state index contributed by atoms with van der Waals surface area (Å²) in [7, 11) is 1.96. The summed E-state index contributed by atoms with van der Waals surface area (Å²) in [4.78, 5) is 6.08. The predicted octanol–water partition coefficient (Wildman–Crippen LogP) is 1.47. The Balaban J connectivity index is 2.39. The quantitative estimate of drug-likeness (QED) is 0.720. The molecule has 0 bridgehead atoms. The lowest BCUT2D eigenvalue weighted by Crippen LogP contribution is -2.29. The van der Waals surface area contributed by atoms with Crippen molar-refractivity contribution in [2.45, 2.75) is 19.4 Å². The summed E-state index contributed by atoms with van der Waals surface area (Å²) in [6.07, 6.45) is 4.58. The van der Waals surface area contributed by atoms with Crippen LogP contribution in [0.2, 0.25) is 0 Å². The summed E-state index contributed by atoms with van der Waals surface area (Å²) in [5.74, 6) is 0. The number of aromatic nitrogens is 1. The van der Waals surface area contributed by atoms with Crippen molar-refractivity contribution in [2.75, 3.05) is 13.6 Å². The number of likely N-dealkylation sites (N-methyl/N-ethyl adjacent to an activating group) is 1. The molecule has 1 rings (SSSR count). The van der Waals surface area contributed by atoms with Gasteiger partial charge in [-0.3, -0.25) is 9.88 Å². The number of nitrogens with zero attached hydrogens (tertiary/aromatic N) is 3. The van der Waals surface area contributed by atoms with Gasteiger partial charge in [-0.1, -0.05) is 6.07 Å². The van der Waals surface area contributed by atoms with Gasteiger partial charge in [0.05, 0.1) is 12.1 Å². The van der Waals surface area contributed by atoms with Crippen molar-refractivity contribution in [3.63, 3.8) is 0 Å². The number of pyridine rings is 1. The molecule has 1 heterocycles. The largest absolute Gasteiger partial charge is 0.291 e. The van der Waals surface area contributed by atoms with E-state index in [0.717, 1.165) is 13.0 Å². The molecule has 1 unspecified atom stereocenters. The molecule has 1 aromatic rings. The maximum atomic E-state index is 8.70. The fourth-order valence-electron chi connectivity index (χ4n) is 1.14. The molecule has 0 aliphatic heterocycles. The van der Waals surface area contributed by atoms with Gasteiger partial charge in [0, 0.05) is 18.9 Å². The van der Waals surface area contributed by atoms with Crippen LogP contribution in [0.25, 0.3) is 0 Å². The third kappa shape index (κ3) is 3.15. The van der Waals surface area contributed by atoms with E-state index in [-0.39, 0.29) is 6.04 Å². The van der Waals surface area contributed by atoms with Crippen LogP contribution >= 0.6 is 0 Å². The molecular formula is C11H15N3. The molecule has 1 atom stereocenters. The highest BCUT2D eigenvalue weighted by Gasteiger charge is 2.06. The van der Waals surface area contributed by atoms with Crippen LogP contribution in [0, 0.1) is 11.3 Å². The third-order valence-corrected chi connectivity index (χ3v) is 2.32. The van der Waals surface area contributed by atoms with E-state index >= 15 is 0 Å². The van der Waals surface area contributed by atoms with Gasteiger partial charge in [-0.25, -0.2) is 0 Å². The van der Waals surface area contributed by atoms with Crippen LogP contribution < -0.4 is 0 Å². The van der Waals surface area contributed by atoms with Crippen molar-refractivity contribution < 1.29 is 0 Å². The molecule has 3 heteroatoms. The Labute approximate surface area is 85.0 Å². The van der Waals surface area contributed by atoms with Gasteiger partial charge in [0.15, 0.2) is 0 Å². The second kappa shape index (κ2) is 5.36. The van der Waals surface area contributed by atoms with Gasteiger partial charge < -0.3 is 0 Å². The molecule has 0 spiro atoms. The van der Waals surface area contributed by atoms with E-state index in [1.807, 2.05) is 31.1 Å². The summed E-state index contributed by atoms with van der Waals surface area (Å²) >= 11 is 0. The maximum Gasteiger partial charge on any atom is 0.0946 e. The first-order valence-electron chi connectivity index (χ1n) is 4.73. The summed E-state index contributed by atoms with van der Waals surface area (Å²) in [5.41, 5.74) is 1.21. The number of nitriles is 1. The lowest BCUT2D eigenvalue weighted by molar-refractivity contribution is 0.306. The first kappa shape index (κ1) is 10.7. The Morgan fingerprint density at radius 2 is 2.43 bits per heavy atom. The van der Waals surface area contributed by atoms with E-state index in [1.54, 1.807) is 6.20 Å². The SMILES string of the molecule is CC(C#N)N(C)CCc1cccnc1. The second-order valence-corrected chi connectivity index (χ2v) is 3.40. The molecule has 0 radical (unpaired) electrons. The molecule has 74 valence electrons. The maximum absolute atomic E-state index is 8.70. The minimum absolute atomic E-state index is 0.0216. The number of hydrogen-bond acceptors (Lipinski definition) is 3. The molecule has 0 amide bonds. The first-order chi connectivity index (χ1) is 6.74. The zero-order valence-electron chi connectivity index (χ0n) is 8.64. The van der Waals surface area contributed by atoms with Gasteiger partial charge in [-0.2, -0.15) is 5.26 Å². The fourth-order valence-corrected chi connectivity index (χ4v) is 1.14. The lowest BCUT2D eigenvalue weighted by Gasteiger charge is -2.18. The predicted molar refractivity (Wildman–Crippen MR) is 55.6 cm³/mol. The molecular weight excluding hydrogens is 174 g/mol. The van der Waals surface area contributed by atoms with Crippen LogP contribution in [0.5, 0.6) is 0 Å². The molecule has 1 aromatic heterocycles. The van der Waals surface area contributed by atoms with Crippen molar-refractivity contribution in [1.82, 2.24) is 9.88 Å². The highest BCUT2D eigenvalue weighted by Crippen LogP contribution is 2.00. The van der Waals surface area contributed by atoms with Crippen LogP contribution in [-0.4, -0.2) is 29.5 Å². The monoisotopic (exact) mass is 189 g/mol. The molecule has 0 N–H and O–H groups in total. The van der Waals surface area contributed by atoms with Crippen LogP contribution in [0.1, 0.15) is 12.5 Å². The summed E-state index contributed by atoms with van der Waals surface area (Å²) < 4.78 is 0. The highest BCUT2D eigenvalue weighted by atomic mass is 15.1. The smallest absolute Gasteiger partial charge is 0.0946 e. The van der Waals surface area contributed by atoms with Gasteiger partial charge in [-0.15, -0.1) is 0 Å². The number of rotatable bonds is 4. The molecule has 0 aliphatic carbocycles. The Bertz CT molecular complexity index is 302. The molecule has 0 saturated carbocycles. The molecule has 0 aliphatic rings. The van der Waals surface area contributed by atoms with Gasteiger partial charge >= 0.3 is 0 Å². The normalized spacial score (nSPS) is 12.4.